The zero-order valence-electron chi connectivity index (χ0n) is 23.4. The lowest BCUT2D eigenvalue weighted by Gasteiger charge is -2.49. The van der Waals surface area contributed by atoms with Crippen LogP contribution < -0.4 is 15.2 Å². The molecule has 0 fully saturated rings. The fraction of sp³-hybridized carbons (Fsp3) is 0.235. The minimum atomic E-state index is -1.10. The van der Waals surface area contributed by atoms with Gasteiger partial charge < -0.3 is 9.64 Å². The van der Waals surface area contributed by atoms with Crippen molar-refractivity contribution in [1.29, 1.82) is 0 Å². The van der Waals surface area contributed by atoms with E-state index in [9.17, 15) is 18.4 Å². The van der Waals surface area contributed by atoms with Gasteiger partial charge in [0.25, 0.3) is 5.91 Å². The van der Waals surface area contributed by atoms with Gasteiger partial charge >= 0.3 is 0 Å². The molecule has 1 unspecified atom stereocenters. The molecular formula is C34H28F3N3O3. The molecule has 2 aliphatic carbocycles. The SMILES string of the molecule is CCCCOc1c2n(ccc1=O)N(C13C(=Cc4ccccc41)Cc1c3ccc(F)c1F)CN(Cc1ccc(F)cc1)C2=O. The van der Waals surface area contributed by atoms with Crippen molar-refractivity contribution in [1.82, 2.24) is 9.58 Å². The molecule has 43 heavy (non-hydrogen) atoms. The number of hydrogen-bond acceptors (Lipinski definition) is 4. The van der Waals surface area contributed by atoms with Crippen molar-refractivity contribution in [2.75, 3.05) is 18.3 Å². The van der Waals surface area contributed by atoms with Crippen LogP contribution in [0.2, 0.25) is 0 Å². The molecule has 1 aliphatic heterocycles. The number of pyridine rings is 1. The first kappa shape index (κ1) is 27.1. The molecular weight excluding hydrogens is 555 g/mol. The number of carbonyl (C=O) groups excluding carboxylic acids is 1. The summed E-state index contributed by atoms with van der Waals surface area (Å²) in [5, 5.41) is 1.93. The van der Waals surface area contributed by atoms with Gasteiger partial charge in [-0.05, 0) is 52.4 Å². The number of halogens is 3. The second-order valence-electron chi connectivity index (χ2n) is 11.1. The first-order valence-electron chi connectivity index (χ1n) is 14.3. The Balaban J connectivity index is 1.48. The summed E-state index contributed by atoms with van der Waals surface area (Å²) in [6.45, 7) is 2.40. The fourth-order valence-electron chi connectivity index (χ4n) is 6.66. The van der Waals surface area contributed by atoms with Crippen LogP contribution in [0, 0.1) is 17.5 Å². The molecule has 7 rings (SSSR count). The average molecular weight is 584 g/mol. The molecule has 1 amide bonds. The third-order valence-electron chi connectivity index (χ3n) is 8.61. The second kappa shape index (κ2) is 10.2. The maximum atomic E-state index is 15.4. The van der Waals surface area contributed by atoms with Gasteiger partial charge in [-0.2, -0.15) is 0 Å². The van der Waals surface area contributed by atoms with Crippen LogP contribution in [-0.2, 0) is 18.5 Å². The molecule has 0 radical (unpaired) electrons. The van der Waals surface area contributed by atoms with Gasteiger partial charge in [-0.15, -0.1) is 0 Å². The van der Waals surface area contributed by atoms with Crippen molar-refractivity contribution in [3.63, 3.8) is 0 Å². The predicted molar refractivity (Wildman–Crippen MR) is 156 cm³/mol. The van der Waals surface area contributed by atoms with Gasteiger partial charge in [0.1, 0.15) is 18.0 Å². The minimum Gasteiger partial charge on any atom is -0.487 e. The van der Waals surface area contributed by atoms with E-state index in [2.05, 4.69) is 0 Å². The van der Waals surface area contributed by atoms with Crippen LogP contribution in [0.25, 0.3) is 6.08 Å². The molecule has 2 heterocycles. The number of aromatic nitrogens is 1. The lowest BCUT2D eigenvalue weighted by molar-refractivity contribution is 0.0650. The maximum absolute atomic E-state index is 15.4. The van der Waals surface area contributed by atoms with E-state index in [4.69, 9.17) is 4.74 Å². The molecule has 1 aromatic heterocycles. The predicted octanol–water partition coefficient (Wildman–Crippen LogP) is 5.89. The molecule has 9 heteroatoms. The van der Waals surface area contributed by atoms with Crippen LogP contribution in [-0.4, -0.2) is 28.8 Å². The van der Waals surface area contributed by atoms with Gasteiger partial charge in [0.2, 0.25) is 5.43 Å². The van der Waals surface area contributed by atoms with Crippen molar-refractivity contribution in [3.8, 4) is 5.75 Å². The number of ether oxygens (including phenoxy) is 1. The first-order valence-corrected chi connectivity index (χ1v) is 14.3. The first-order chi connectivity index (χ1) is 20.8. The maximum Gasteiger partial charge on any atom is 0.278 e. The molecule has 3 aromatic carbocycles. The smallest absolute Gasteiger partial charge is 0.278 e. The van der Waals surface area contributed by atoms with Gasteiger partial charge in [-0.1, -0.05) is 61.9 Å². The fourth-order valence-corrected chi connectivity index (χ4v) is 6.66. The van der Waals surface area contributed by atoms with Crippen LogP contribution >= 0.6 is 0 Å². The van der Waals surface area contributed by atoms with Crippen molar-refractivity contribution < 1.29 is 22.7 Å². The van der Waals surface area contributed by atoms with Gasteiger partial charge in [-0.25, -0.2) is 13.2 Å². The molecule has 4 aromatic rings. The van der Waals surface area contributed by atoms with Gasteiger partial charge in [-0.3, -0.25) is 19.3 Å². The molecule has 1 atom stereocenters. The van der Waals surface area contributed by atoms with Crippen LogP contribution in [0.15, 0.2) is 83.3 Å². The summed E-state index contributed by atoms with van der Waals surface area (Å²) in [6, 6.07) is 17.7. The number of rotatable bonds is 7. The molecule has 0 saturated carbocycles. The Bertz CT molecular complexity index is 1870. The van der Waals surface area contributed by atoms with Crippen molar-refractivity contribution in [2.24, 2.45) is 0 Å². The molecule has 0 saturated heterocycles. The number of fused-ring (bicyclic) bond motifs is 6. The van der Waals surface area contributed by atoms with E-state index in [1.165, 1.54) is 18.2 Å². The summed E-state index contributed by atoms with van der Waals surface area (Å²) in [4.78, 5) is 29.0. The van der Waals surface area contributed by atoms with E-state index < -0.39 is 34.3 Å². The number of carbonyl (C=O) groups is 1. The number of hydrogen-bond donors (Lipinski definition) is 0. The normalized spacial score (nSPS) is 18.2. The highest BCUT2D eigenvalue weighted by Gasteiger charge is 2.56. The third kappa shape index (κ3) is 4.01. The van der Waals surface area contributed by atoms with Crippen LogP contribution in [0.4, 0.5) is 13.2 Å². The van der Waals surface area contributed by atoms with E-state index >= 15 is 4.39 Å². The van der Waals surface area contributed by atoms with Crippen LogP contribution in [0.5, 0.6) is 5.75 Å². The summed E-state index contributed by atoms with van der Waals surface area (Å²) < 4.78 is 51.3. The summed E-state index contributed by atoms with van der Waals surface area (Å²) in [5.41, 5.74) is 2.62. The molecule has 6 nitrogen and oxygen atoms in total. The number of nitrogens with zero attached hydrogens (tertiary/aromatic N) is 3. The Labute approximate surface area is 246 Å². The quantitative estimate of drug-likeness (QED) is 0.255. The zero-order valence-corrected chi connectivity index (χ0v) is 23.4. The Hall–Kier alpha value is -4.79. The lowest BCUT2D eigenvalue weighted by atomic mass is 9.83. The van der Waals surface area contributed by atoms with Crippen molar-refractivity contribution in [2.45, 2.75) is 38.3 Å². The van der Waals surface area contributed by atoms with Crippen LogP contribution in [0.3, 0.4) is 0 Å². The highest BCUT2D eigenvalue weighted by molar-refractivity contribution is 5.96. The Morgan fingerprint density at radius 1 is 0.930 bits per heavy atom. The van der Waals surface area contributed by atoms with Crippen molar-refractivity contribution in [3.05, 3.63) is 140 Å². The highest BCUT2D eigenvalue weighted by atomic mass is 19.2. The molecule has 3 aliphatic rings. The molecule has 218 valence electrons. The largest absolute Gasteiger partial charge is 0.487 e. The van der Waals surface area contributed by atoms with Crippen molar-refractivity contribution >= 4 is 12.0 Å². The summed E-state index contributed by atoms with van der Waals surface area (Å²) in [5.74, 6) is -2.71. The number of amides is 1. The second-order valence-corrected chi connectivity index (χ2v) is 11.1. The van der Waals surface area contributed by atoms with E-state index in [0.717, 1.165) is 29.2 Å². The number of unbranched alkanes of at least 4 members (excludes halogenated alkanes) is 1. The van der Waals surface area contributed by atoms with E-state index in [0.29, 0.717) is 17.5 Å². The van der Waals surface area contributed by atoms with E-state index in [1.807, 2.05) is 42.3 Å². The standard InChI is InChI=1S/C34H28F3N3O3/c1-2-3-16-43-32-29(41)14-15-39-31(32)33(42)38(19-21-8-10-24(35)11-9-21)20-40(39)34-23(17-22-6-4-5-7-26(22)34)18-25-27(34)12-13-28(36)30(25)37/h4-15,17H,2-3,16,18-20H2,1H3. The lowest BCUT2D eigenvalue weighted by Crippen LogP contribution is -2.62. The third-order valence-corrected chi connectivity index (χ3v) is 8.61. The van der Waals surface area contributed by atoms with E-state index in [-0.39, 0.29) is 43.2 Å². The highest BCUT2D eigenvalue weighted by Crippen LogP contribution is 2.56. The minimum absolute atomic E-state index is 0.0323. The van der Waals surface area contributed by atoms with Gasteiger partial charge in [0, 0.05) is 30.8 Å². The summed E-state index contributed by atoms with van der Waals surface area (Å²) in [6.07, 6.45) is 5.23. The Kier molecular flexibility index (Phi) is 6.41. The topological polar surface area (TPSA) is 54.8 Å². The monoisotopic (exact) mass is 583 g/mol. The molecule has 0 bridgehead atoms. The van der Waals surface area contributed by atoms with Gasteiger partial charge in [0.15, 0.2) is 23.1 Å². The summed E-state index contributed by atoms with van der Waals surface area (Å²) in [7, 11) is 0. The number of benzene rings is 3. The van der Waals surface area contributed by atoms with E-state index in [1.54, 1.807) is 34.0 Å². The van der Waals surface area contributed by atoms with Crippen LogP contribution in [0.1, 0.15) is 58.1 Å². The Morgan fingerprint density at radius 3 is 2.51 bits per heavy atom. The Morgan fingerprint density at radius 2 is 1.72 bits per heavy atom. The molecule has 0 N–H and O–H groups in total. The molecule has 0 spiro atoms. The van der Waals surface area contributed by atoms with Gasteiger partial charge in [0.05, 0.1) is 6.61 Å². The average Bonchev–Trinajstić information content (AvgIpc) is 3.50. The summed E-state index contributed by atoms with van der Waals surface area (Å²) >= 11 is 0. The zero-order chi connectivity index (χ0) is 29.9.